The van der Waals surface area contributed by atoms with E-state index < -0.39 is 0 Å². The number of hydrogen-bond donors (Lipinski definition) is 0. The molecule has 0 aromatic heterocycles. The molecule has 1 aliphatic heterocycles. The van der Waals surface area contributed by atoms with Gasteiger partial charge in [-0.3, -0.25) is 9.69 Å². The van der Waals surface area contributed by atoms with E-state index in [4.69, 9.17) is 11.6 Å². The van der Waals surface area contributed by atoms with Gasteiger partial charge in [0, 0.05) is 37.7 Å². The number of hydrogen-bond acceptors (Lipinski definition) is 2. The molecule has 0 saturated carbocycles. The third kappa shape index (κ3) is 2.97. The van der Waals surface area contributed by atoms with Crippen LogP contribution in [0.4, 0.5) is 0 Å². The van der Waals surface area contributed by atoms with Crippen LogP contribution in [0.15, 0.2) is 24.3 Å². The maximum atomic E-state index is 10.6. The first-order valence-electron chi connectivity index (χ1n) is 5.44. The standard InChI is InChI=1S/C12H15ClN2O/c13-12-3-1-11(2-4-12)9-14-5-7-15(10-16)8-6-14/h1-4,10H,5-9H2. The van der Waals surface area contributed by atoms with Crippen LogP contribution in [-0.4, -0.2) is 42.4 Å². The molecule has 1 fully saturated rings. The van der Waals surface area contributed by atoms with Gasteiger partial charge < -0.3 is 4.90 Å². The maximum Gasteiger partial charge on any atom is 0.209 e. The predicted molar refractivity (Wildman–Crippen MR) is 64.4 cm³/mol. The molecular formula is C12H15ClN2O. The van der Waals surface area contributed by atoms with E-state index in [-0.39, 0.29) is 0 Å². The van der Waals surface area contributed by atoms with Crippen molar-refractivity contribution in [2.24, 2.45) is 0 Å². The van der Waals surface area contributed by atoms with Gasteiger partial charge in [-0.25, -0.2) is 0 Å². The Kier molecular flexibility index (Phi) is 3.80. The van der Waals surface area contributed by atoms with Crippen molar-refractivity contribution in [3.8, 4) is 0 Å². The molecule has 0 radical (unpaired) electrons. The van der Waals surface area contributed by atoms with Gasteiger partial charge in [-0.2, -0.15) is 0 Å². The highest BCUT2D eigenvalue weighted by Crippen LogP contribution is 2.12. The van der Waals surface area contributed by atoms with Crippen LogP contribution in [0.1, 0.15) is 5.56 Å². The number of nitrogens with zero attached hydrogens (tertiary/aromatic N) is 2. The van der Waals surface area contributed by atoms with Crippen LogP contribution in [-0.2, 0) is 11.3 Å². The highest BCUT2D eigenvalue weighted by Gasteiger charge is 2.14. The van der Waals surface area contributed by atoms with E-state index in [2.05, 4.69) is 17.0 Å². The Bertz CT molecular complexity index is 345. The first kappa shape index (κ1) is 11.4. The zero-order valence-electron chi connectivity index (χ0n) is 9.10. The molecule has 0 atom stereocenters. The van der Waals surface area contributed by atoms with Gasteiger partial charge in [0.05, 0.1) is 0 Å². The average Bonchev–Trinajstić information content (AvgIpc) is 2.33. The van der Waals surface area contributed by atoms with Gasteiger partial charge in [-0.05, 0) is 17.7 Å². The number of benzene rings is 1. The first-order chi connectivity index (χ1) is 7.78. The summed E-state index contributed by atoms with van der Waals surface area (Å²) in [6, 6.07) is 7.93. The quantitative estimate of drug-likeness (QED) is 0.747. The fraction of sp³-hybridized carbons (Fsp3) is 0.417. The number of rotatable bonds is 3. The predicted octanol–water partition coefficient (Wildman–Crippen LogP) is 1.61. The van der Waals surface area contributed by atoms with Crippen LogP contribution >= 0.6 is 11.6 Å². The SMILES string of the molecule is O=CN1CCN(Cc2ccc(Cl)cc2)CC1. The summed E-state index contributed by atoms with van der Waals surface area (Å²) in [5, 5.41) is 0.773. The molecule has 1 amide bonds. The van der Waals surface area contributed by atoms with Crippen LogP contribution in [0.5, 0.6) is 0 Å². The number of halogens is 1. The summed E-state index contributed by atoms with van der Waals surface area (Å²) in [7, 11) is 0. The lowest BCUT2D eigenvalue weighted by Gasteiger charge is -2.32. The van der Waals surface area contributed by atoms with Crippen molar-refractivity contribution in [3.63, 3.8) is 0 Å². The van der Waals surface area contributed by atoms with E-state index in [1.165, 1.54) is 5.56 Å². The van der Waals surface area contributed by atoms with E-state index in [9.17, 15) is 4.79 Å². The van der Waals surface area contributed by atoms with Crippen molar-refractivity contribution in [2.45, 2.75) is 6.54 Å². The second-order valence-corrected chi connectivity index (χ2v) is 4.48. The van der Waals surface area contributed by atoms with E-state index in [1.807, 2.05) is 17.0 Å². The highest BCUT2D eigenvalue weighted by atomic mass is 35.5. The van der Waals surface area contributed by atoms with Crippen LogP contribution < -0.4 is 0 Å². The monoisotopic (exact) mass is 238 g/mol. The Morgan fingerprint density at radius 3 is 2.31 bits per heavy atom. The largest absolute Gasteiger partial charge is 0.343 e. The smallest absolute Gasteiger partial charge is 0.209 e. The summed E-state index contributed by atoms with van der Waals surface area (Å²) in [6.07, 6.45) is 0.930. The summed E-state index contributed by atoms with van der Waals surface area (Å²) in [5.74, 6) is 0. The third-order valence-electron chi connectivity index (χ3n) is 2.88. The van der Waals surface area contributed by atoms with Crippen LogP contribution in [0, 0.1) is 0 Å². The normalized spacial score (nSPS) is 17.4. The Morgan fingerprint density at radius 1 is 1.12 bits per heavy atom. The van der Waals surface area contributed by atoms with Crippen molar-refractivity contribution >= 4 is 18.0 Å². The van der Waals surface area contributed by atoms with Crippen molar-refractivity contribution in [1.82, 2.24) is 9.80 Å². The van der Waals surface area contributed by atoms with Crippen molar-refractivity contribution in [1.29, 1.82) is 0 Å². The maximum absolute atomic E-state index is 10.6. The van der Waals surface area contributed by atoms with Gasteiger partial charge in [-0.1, -0.05) is 23.7 Å². The van der Waals surface area contributed by atoms with Crippen LogP contribution in [0.3, 0.4) is 0 Å². The molecule has 1 saturated heterocycles. The molecule has 0 N–H and O–H groups in total. The lowest BCUT2D eigenvalue weighted by molar-refractivity contribution is -0.119. The number of piperazine rings is 1. The van der Waals surface area contributed by atoms with Gasteiger partial charge in [-0.15, -0.1) is 0 Å². The third-order valence-corrected chi connectivity index (χ3v) is 3.13. The van der Waals surface area contributed by atoms with E-state index in [0.717, 1.165) is 44.2 Å². The Morgan fingerprint density at radius 2 is 1.75 bits per heavy atom. The molecule has 0 unspecified atom stereocenters. The summed E-state index contributed by atoms with van der Waals surface area (Å²) in [6.45, 7) is 4.49. The molecule has 4 heteroatoms. The summed E-state index contributed by atoms with van der Waals surface area (Å²) in [4.78, 5) is 14.7. The highest BCUT2D eigenvalue weighted by molar-refractivity contribution is 6.30. The lowest BCUT2D eigenvalue weighted by Crippen LogP contribution is -2.45. The fourth-order valence-electron chi connectivity index (χ4n) is 1.87. The molecule has 0 spiro atoms. The minimum absolute atomic E-state index is 0.773. The fourth-order valence-corrected chi connectivity index (χ4v) is 2.00. The molecule has 1 aliphatic rings. The second kappa shape index (κ2) is 5.32. The van der Waals surface area contributed by atoms with Gasteiger partial charge >= 0.3 is 0 Å². The molecule has 1 aromatic carbocycles. The Balaban J connectivity index is 1.86. The van der Waals surface area contributed by atoms with Gasteiger partial charge in [0.2, 0.25) is 6.41 Å². The van der Waals surface area contributed by atoms with Gasteiger partial charge in [0.25, 0.3) is 0 Å². The van der Waals surface area contributed by atoms with Crippen molar-refractivity contribution in [3.05, 3.63) is 34.9 Å². The summed E-state index contributed by atoms with van der Waals surface area (Å²) >= 11 is 5.83. The van der Waals surface area contributed by atoms with E-state index in [1.54, 1.807) is 0 Å². The average molecular weight is 239 g/mol. The minimum Gasteiger partial charge on any atom is -0.343 e. The molecule has 1 aromatic rings. The molecule has 3 nitrogen and oxygen atoms in total. The molecule has 2 rings (SSSR count). The molecule has 86 valence electrons. The zero-order valence-corrected chi connectivity index (χ0v) is 9.86. The van der Waals surface area contributed by atoms with Gasteiger partial charge in [0.15, 0.2) is 0 Å². The van der Waals surface area contributed by atoms with E-state index >= 15 is 0 Å². The second-order valence-electron chi connectivity index (χ2n) is 4.04. The minimum atomic E-state index is 0.773. The number of carbonyl (C=O) groups is 1. The zero-order chi connectivity index (χ0) is 11.4. The first-order valence-corrected chi connectivity index (χ1v) is 5.82. The number of amides is 1. The lowest BCUT2D eigenvalue weighted by atomic mass is 10.2. The topological polar surface area (TPSA) is 23.6 Å². The van der Waals surface area contributed by atoms with Gasteiger partial charge in [0.1, 0.15) is 0 Å². The summed E-state index contributed by atoms with van der Waals surface area (Å²) < 4.78 is 0. The molecular weight excluding hydrogens is 224 g/mol. The van der Waals surface area contributed by atoms with Crippen molar-refractivity contribution < 1.29 is 4.79 Å². The summed E-state index contributed by atoms with van der Waals surface area (Å²) in [5.41, 5.74) is 1.27. The molecule has 0 aliphatic carbocycles. The number of carbonyl (C=O) groups excluding carboxylic acids is 1. The van der Waals surface area contributed by atoms with Crippen LogP contribution in [0.25, 0.3) is 0 Å². The molecule has 0 bridgehead atoms. The molecule has 16 heavy (non-hydrogen) atoms. The van der Waals surface area contributed by atoms with Crippen molar-refractivity contribution in [2.75, 3.05) is 26.2 Å². The van der Waals surface area contributed by atoms with E-state index in [0.29, 0.717) is 0 Å². The Hall–Kier alpha value is -1.06. The van der Waals surface area contributed by atoms with Crippen LogP contribution in [0.2, 0.25) is 5.02 Å². The Labute approximate surface area is 101 Å². The molecule has 1 heterocycles.